The monoisotopic (exact) mass is 814 g/mol. The lowest BCUT2D eigenvalue weighted by Crippen LogP contribution is -2.69. The van der Waals surface area contributed by atoms with Crippen molar-refractivity contribution in [1.82, 2.24) is 29.9 Å². The van der Waals surface area contributed by atoms with Gasteiger partial charge in [0.25, 0.3) is 11.8 Å². The van der Waals surface area contributed by atoms with Gasteiger partial charge < -0.3 is 15.4 Å². The van der Waals surface area contributed by atoms with Crippen molar-refractivity contribution in [1.29, 1.82) is 0 Å². The van der Waals surface area contributed by atoms with Gasteiger partial charge in [0.05, 0.1) is 28.4 Å². The third-order valence-corrected chi connectivity index (χ3v) is 13.1. The number of aromatic nitrogens is 3. The Morgan fingerprint density at radius 2 is 1.68 bits per heavy atom. The number of ether oxygens (including phenoxy) is 1. The Kier molecular flexibility index (Phi) is 9.69. The quantitative estimate of drug-likeness (QED) is 0.147. The van der Waals surface area contributed by atoms with Crippen LogP contribution < -0.4 is 20.7 Å². The van der Waals surface area contributed by atoms with Gasteiger partial charge >= 0.3 is 0 Å². The van der Waals surface area contributed by atoms with Crippen molar-refractivity contribution < 1.29 is 28.3 Å². The molecular weight excluding hydrogens is 774 g/mol. The van der Waals surface area contributed by atoms with Crippen molar-refractivity contribution in [3.63, 3.8) is 0 Å². The highest BCUT2D eigenvalue weighted by atomic mass is 35.5. The fraction of sp³-hybridized carbons (Fsp3) is 0.415. The highest BCUT2D eigenvalue weighted by Gasteiger charge is 2.47. The lowest BCUT2D eigenvalue weighted by Gasteiger charge is -2.58. The fourth-order valence-electron chi connectivity index (χ4n) is 9.30. The van der Waals surface area contributed by atoms with E-state index < -0.39 is 41.6 Å². The van der Waals surface area contributed by atoms with Crippen molar-refractivity contribution in [2.45, 2.75) is 82.1 Å². The van der Waals surface area contributed by atoms with Crippen molar-refractivity contribution in [2.24, 2.45) is 5.92 Å². The molecule has 4 atom stereocenters. The van der Waals surface area contributed by atoms with Crippen LogP contribution in [0.15, 0.2) is 55.0 Å². The molecule has 1 saturated carbocycles. The molecule has 296 valence electrons. The zero-order valence-corrected chi connectivity index (χ0v) is 32.7. The largest absolute Gasteiger partial charge is 0.482 e. The molecule has 1 aliphatic carbocycles. The minimum atomic E-state index is -0.976. The van der Waals surface area contributed by atoms with Crippen molar-refractivity contribution in [3.05, 3.63) is 87.5 Å². The highest BCUT2D eigenvalue weighted by Crippen LogP contribution is 2.41. The lowest BCUT2D eigenvalue weighted by atomic mass is 9.81. The van der Waals surface area contributed by atoms with Crippen LogP contribution in [0.25, 0.3) is 11.1 Å². The number of nitrogen functional groups attached to an aromatic ring is 1. The van der Waals surface area contributed by atoms with Gasteiger partial charge in [0.15, 0.2) is 11.6 Å². The van der Waals surface area contributed by atoms with Crippen LogP contribution in [0.4, 0.5) is 15.9 Å². The summed E-state index contributed by atoms with van der Waals surface area (Å²) in [5, 5.41) is 7.17. The fourth-order valence-corrected chi connectivity index (χ4v) is 9.98. The number of amides is 4. The van der Waals surface area contributed by atoms with E-state index in [9.17, 15) is 23.6 Å². The number of anilines is 2. The van der Waals surface area contributed by atoms with E-state index in [-0.39, 0.29) is 29.7 Å². The van der Waals surface area contributed by atoms with E-state index in [1.165, 1.54) is 12.1 Å². The van der Waals surface area contributed by atoms with Crippen LogP contribution in [0, 0.1) is 11.7 Å². The molecule has 7 heterocycles. The molecule has 10 rings (SSSR count). The van der Waals surface area contributed by atoms with Crippen LogP contribution in [0.3, 0.4) is 0 Å². The van der Waals surface area contributed by atoms with Crippen molar-refractivity contribution in [2.75, 3.05) is 30.3 Å². The minimum Gasteiger partial charge on any atom is -0.482 e. The van der Waals surface area contributed by atoms with Gasteiger partial charge in [-0.25, -0.2) is 9.37 Å². The molecule has 4 amide bonds. The number of imide groups is 2. The third kappa shape index (κ3) is 6.80. The number of nitrogens with zero attached hydrogens (tertiary/aromatic N) is 6. The van der Waals surface area contributed by atoms with Crippen LogP contribution in [0.2, 0.25) is 10.0 Å². The molecule has 3 unspecified atom stereocenters. The number of carbonyl (C=O) groups excluding carboxylic acids is 4. The van der Waals surface area contributed by atoms with Crippen molar-refractivity contribution >= 4 is 58.3 Å². The molecule has 5 fully saturated rings. The molecular formula is C41H41Cl2FN8O5. The third-order valence-electron chi connectivity index (χ3n) is 12.4. The Morgan fingerprint density at radius 1 is 0.930 bits per heavy atom. The molecule has 16 heteroatoms. The highest BCUT2D eigenvalue weighted by molar-refractivity contribution is 6.36. The SMILES string of the molecule is C[C@@H](Oc1cc(-c2cnn(C3CCC(CN4C5CC4CN(c4ccc6c(c4)C(=O)N(C4CCC(=O)NC4=O)C6=O)C5)CC3)c2)cnc1N)c1c(Cl)ccc(F)c1Cl. The molecule has 57 heavy (non-hydrogen) atoms. The molecule has 0 spiro atoms. The molecule has 2 bridgehead atoms. The summed E-state index contributed by atoms with van der Waals surface area (Å²) >= 11 is 12.5. The van der Waals surface area contributed by atoms with E-state index in [2.05, 4.69) is 20.1 Å². The predicted molar refractivity (Wildman–Crippen MR) is 211 cm³/mol. The average molecular weight is 816 g/mol. The van der Waals surface area contributed by atoms with Gasteiger partial charge in [0.1, 0.15) is 18.0 Å². The van der Waals surface area contributed by atoms with Crippen LogP contribution in [-0.4, -0.2) is 86.0 Å². The number of carbonyl (C=O) groups is 4. The van der Waals surface area contributed by atoms with E-state index >= 15 is 0 Å². The molecule has 13 nitrogen and oxygen atoms in total. The normalized spacial score (nSPS) is 25.3. The Balaban J connectivity index is 0.784. The topological polar surface area (TPSA) is 156 Å². The molecule has 3 N–H and O–H groups in total. The number of halogens is 3. The van der Waals surface area contributed by atoms with Crippen LogP contribution in [0.1, 0.15) is 90.3 Å². The number of nitrogens with one attached hydrogen (secondary N) is 1. The predicted octanol–water partition coefficient (Wildman–Crippen LogP) is 6.21. The zero-order chi connectivity index (χ0) is 39.7. The number of fused-ring (bicyclic) bond motifs is 3. The first kappa shape index (κ1) is 37.5. The molecule has 0 radical (unpaired) electrons. The summed E-state index contributed by atoms with van der Waals surface area (Å²) in [7, 11) is 0. The van der Waals surface area contributed by atoms with Gasteiger partial charge in [0, 0.05) is 77.9 Å². The first-order valence-corrected chi connectivity index (χ1v) is 20.2. The zero-order valence-electron chi connectivity index (χ0n) is 31.2. The van der Waals surface area contributed by atoms with Gasteiger partial charge in [-0.05, 0) is 87.8 Å². The van der Waals surface area contributed by atoms with Crippen LogP contribution in [0.5, 0.6) is 5.75 Å². The van der Waals surface area contributed by atoms with E-state index in [1.54, 1.807) is 31.3 Å². The molecule has 4 aromatic rings. The summed E-state index contributed by atoms with van der Waals surface area (Å²) in [5.41, 5.74) is 9.68. The molecule has 5 aliphatic heterocycles. The average Bonchev–Trinajstić information content (AvgIpc) is 3.79. The van der Waals surface area contributed by atoms with E-state index in [0.717, 1.165) is 73.5 Å². The molecule has 2 aromatic heterocycles. The molecule has 4 saturated heterocycles. The Morgan fingerprint density at radius 3 is 2.44 bits per heavy atom. The summed E-state index contributed by atoms with van der Waals surface area (Å²) in [6.07, 6.45) is 10.5. The first-order valence-electron chi connectivity index (χ1n) is 19.4. The van der Waals surface area contributed by atoms with Gasteiger partial charge in [-0.1, -0.05) is 23.2 Å². The summed E-state index contributed by atoms with van der Waals surface area (Å²) < 4.78 is 22.3. The Bertz CT molecular complexity index is 2300. The summed E-state index contributed by atoms with van der Waals surface area (Å²) in [5.74, 6) is -1.43. The summed E-state index contributed by atoms with van der Waals surface area (Å²) in [6.45, 7) is 4.47. The second-order valence-corrected chi connectivity index (χ2v) is 16.6. The lowest BCUT2D eigenvalue weighted by molar-refractivity contribution is -0.136. The van der Waals surface area contributed by atoms with Gasteiger partial charge in [-0.15, -0.1) is 0 Å². The number of hydrogen-bond acceptors (Lipinski definition) is 10. The molecule has 2 aromatic carbocycles. The van der Waals surface area contributed by atoms with Crippen molar-refractivity contribution in [3.8, 4) is 16.9 Å². The second-order valence-electron chi connectivity index (χ2n) is 15.8. The number of piperazine rings is 1. The maximum Gasteiger partial charge on any atom is 0.262 e. The van der Waals surface area contributed by atoms with E-state index in [0.29, 0.717) is 45.5 Å². The van der Waals surface area contributed by atoms with Gasteiger partial charge in [-0.3, -0.25) is 39.0 Å². The maximum atomic E-state index is 14.2. The first-order chi connectivity index (χ1) is 27.4. The molecule has 6 aliphatic rings. The van der Waals surface area contributed by atoms with Crippen LogP contribution >= 0.6 is 23.2 Å². The summed E-state index contributed by atoms with van der Waals surface area (Å²) in [6, 6.07) is 10.00. The number of rotatable bonds is 9. The minimum absolute atomic E-state index is 0.0894. The maximum absolute atomic E-state index is 14.2. The Labute approximate surface area is 338 Å². The number of pyridine rings is 1. The smallest absolute Gasteiger partial charge is 0.262 e. The second kappa shape index (κ2) is 14.7. The number of benzene rings is 2. The van der Waals surface area contributed by atoms with Gasteiger partial charge in [-0.2, -0.15) is 5.10 Å². The standard InChI is InChI=1S/C41H41Cl2FN8O5/c1-21(36-31(42)8-9-32(44)37(36)43)57-34-12-23(15-46-38(34)45)24-16-47-51(18-24)25-4-2-22(3-5-25)17-50-27-13-28(50)20-49(19-27)26-6-7-29-30(14-26)41(56)52(40(29)55)33-10-11-35(53)48-39(33)54/h6-9,12,14-16,18,21-22,25,27-28,33H,2-5,10-11,13,17,19-20H2,1H3,(H2,45,46)(H,48,53,54)/t21-,22?,25?,27?,28?,33?/m1/s1. The van der Waals surface area contributed by atoms with Crippen LogP contribution in [-0.2, 0) is 9.59 Å². The van der Waals surface area contributed by atoms with Gasteiger partial charge in [0.2, 0.25) is 11.8 Å². The van der Waals surface area contributed by atoms with E-state index in [1.807, 2.05) is 23.1 Å². The number of hydrogen-bond donors (Lipinski definition) is 2. The Hall–Kier alpha value is -5.05. The van der Waals surface area contributed by atoms with E-state index in [4.69, 9.17) is 38.8 Å². The summed E-state index contributed by atoms with van der Waals surface area (Å²) in [4.78, 5) is 61.0. The number of nitrogens with two attached hydrogens (primary N) is 1. The number of piperidine rings is 2.